The van der Waals surface area contributed by atoms with E-state index in [-0.39, 0.29) is 17.9 Å². The Morgan fingerprint density at radius 2 is 1.83 bits per heavy atom. The lowest BCUT2D eigenvalue weighted by Crippen LogP contribution is -2.48. The standard InChI is InChI=1S/C18H24N2O3/c21-17(16-9-14-3-1-2-4-15(14)11-19-16)20-10-12-5-7-13(8-6-12)18(22)23/h1-4,12-13,16,19H,5-11H2,(H,20,21)(H,22,23). The number of aliphatic carboxylic acids is 1. The van der Waals surface area contributed by atoms with Crippen LogP contribution in [0.4, 0.5) is 0 Å². The first kappa shape index (κ1) is 16.0. The van der Waals surface area contributed by atoms with Gasteiger partial charge in [-0.25, -0.2) is 0 Å². The summed E-state index contributed by atoms with van der Waals surface area (Å²) in [7, 11) is 0. The predicted octanol–water partition coefficient (Wildman–Crippen LogP) is 1.71. The molecule has 0 spiro atoms. The lowest BCUT2D eigenvalue weighted by Gasteiger charge is -2.28. The first-order valence-electron chi connectivity index (χ1n) is 8.44. The van der Waals surface area contributed by atoms with Gasteiger partial charge in [0, 0.05) is 13.1 Å². The third kappa shape index (κ3) is 3.91. The minimum Gasteiger partial charge on any atom is -0.481 e. The van der Waals surface area contributed by atoms with Crippen molar-refractivity contribution in [2.45, 2.75) is 44.7 Å². The highest BCUT2D eigenvalue weighted by Crippen LogP contribution is 2.28. The number of carboxylic acid groups (broad SMARTS) is 1. The maximum absolute atomic E-state index is 12.4. The summed E-state index contributed by atoms with van der Waals surface area (Å²) in [5.74, 6) is -0.415. The molecule has 0 bridgehead atoms. The van der Waals surface area contributed by atoms with Gasteiger partial charge in [-0.05, 0) is 49.1 Å². The van der Waals surface area contributed by atoms with Crippen LogP contribution in [0.1, 0.15) is 36.8 Å². The van der Waals surface area contributed by atoms with Gasteiger partial charge < -0.3 is 15.7 Å². The number of amides is 1. The lowest BCUT2D eigenvalue weighted by molar-refractivity contribution is -0.143. The van der Waals surface area contributed by atoms with Crippen molar-refractivity contribution in [3.63, 3.8) is 0 Å². The van der Waals surface area contributed by atoms with Gasteiger partial charge in [0.25, 0.3) is 0 Å². The van der Waals surface area contributed by atoms with Crippen LogP contribution in [-0.2, 0) is 22.6 Å². The van der Waals surface area contributed by atoms with Crippen molar-refractivity contribution >= 4 is 11.9 Å². The van der Waals surface area contributed by atoms with Crippen LogP contribution in [0, 0.1) is 11.8 Å². The largest absolute Gasteiger partial charge is 0.481 e. The van der Waals surface area contributed by atoms with Crippen LogP contribution in [0.5, 0.6) is 0 Å². The molecule has 0 aromatic heterocycles. The third-order valence-corrected chi connectivity index (χ3v) is 5.16. The molecule has 3 rings (SSSR count). The van der Waals surface area contributed by atoms with E-state index >= 15 is 0 Å². The first-order valence-corrected chi connectivity index (χ1v) is 8.44. The van der Waals surface area contributed by atoms with Gasteiger partial charge >= 0.3 is 5.97 Å². The van der Waals surface area contributed by atoms with E-state index < -0.39 is 5.97 Å². The summed E-state index contributed by atoms with van der Waals surface area (Å²) in [5.41, 5.74) is 2.51. The summed E-state index contributed by atoms with van der Waals surface area (Å²) in [6.45, 7) is 1.39. The van der Waals surface area contributed by atoms with E-state index in [1.54, 1.807) is 0 Å². The van der Waals surface area contributed by atoms with Crippen molar-refractivity contribution in [1.82, 2.24) is 10.6 Å². The molecule has 1 aromatic carbocycles. The molecule has 1 saturated carbocycles. The predicted molar refractivity (Wildman–Crippen MR) is 86.9 cm³/mol. The van der Waals surface area contributed by atoms with Crippen LogP contribution in [0.25, 0.3) is 0 Å². The van der Waals surface area contributed by atoms with Crippen LogP contribution in [-0.4, -0.2) is 29.6 Å². The number of hydrogen-bond donors (Lipinski definition) is 3. The van der Waals surface area contributed by atoms with Crippen molar-refractivity contribution < 1.29 is 14.7 Å². The molecule has 5 heteroatoms. The molecule has 1 amide bonds. The first-order chi connectivity index (χ1) is 11.1. The minimum absolute atomic E-state index is 0.0554. The molecule has 1 aromatic rings. The number of carbonyl (C=O) groups excluding carboxylic acids is 1. The SMILES string of the molecule is O=C(O)C1CCC(CNC(=O)C2Cc3ccccc3CN2)CC1. The molecule has 1 heterocycles. The van der Waals surface area contributed by atoms with Crippen LogP contribution < -0.4 is 10.6 Å². The number of hydrogen-bond acceptors (Lipinski definition) is 3. The molecule has 0 radical (unpaired) electrons. The number of nitrogens with one attached hydrogen (secondary N) is 2. The molecule has 1 atom stereocenters. The molecular weight excluding hydrogens is 292 g/mol. The Morgan fingerprint density at radius 1 is 1.13 bits per heavy atom. The Balaban J connectivity index is 1.45. The summed E-state index contributed by atoms with van der Waals surface area (Å²) < 4.78 is 0. The van der Waals surface area contributed by atoms with Crippen molar-refractivity contribution in [3.8, 4) is 0 Å². The molecule has 1 aliphatic carbocycles. The van der Waals surface area contributed by atoms with Gasteiger partial charge in [-0.3, -0.25) is 9.59 Å². The summed E-state index contributed by atoms with van der Waals surface area (Å²) in [6.07, 6.45) is 3.96. The van der Waals surface area contributed by atoms with Gasteiger partial charge in [-0.15, -0.1) is 0 Å². The molecule has 5 nitrogen and oxygen atoms in total. The van der Waals surface area contributed by atoms with Gasteiger partial charge in [0.2, 0.25) is 5.91 Å². The van der Waals surface area contributed by atoms with E-state index in [0.717, 1.165) is 38.6 Å². The Morgan fingerprint density at radius 3 is 2.52 bits per heavy atom. The minimum atomic E-state index is -0.683. The van der Waals surface area contributed by atoms with Crippen molar-refractivity contribution in [1.29, 1.82) is 0 Å². The highest BCUT2D eigenvalue weighted by Gasteiger charge is 2.28. The normalized spacial score (nSPS) is 27.0. The van der Waals surface area contributed by atoms with E-state index in [2.05, 4.69) is 22.8 Å². The van der Waals surface area contributed by atoms with Crippen molar-refractivity contribution in [2.24, 2.45) is 11.8 Å². The van der Waals surface area contributed by atoms with Gasteiger partial charge in [0.1, 0.15) is 0 Å². The summed E-state index contributed by atoms with van der Waals surface area (Å²) in [5, 5.41) is 15.4. The van der Waals surface area contributed by atoms with Crippen molar-refractivity contribution in [2.75, 3.05) is 6.54 Å². The lowest BCUT2D eigenvalue weighted by atomic mass is 9.82. The fourth-order valence-electron chi connectivity index (χ4n) is 3.62. The molecule has 3 N–H and O–H groups in total. The zero-order valence-corrected chi connectivity index (χ0v) is 13.3. The zero-order chi connectivity index (χ0) is 16.2. The maximum Gasteiger partial charge on any atom is 0.306 e. The second kappa shape index (κ2) is 7.13. The maximum atomic E-state index is 12.4. The molecular formula is C18H24N2O3. The third-order valence-electron chi connectivity index (χ3n) is 5.16. The average Bonchev–Trinajstić information content (AvgIpc) is 2.59. The van der Waals surface area contributed by atoms with Crippen LogP contribution >= 0.6 is 0 Å². The Bertz CT molecular complexity index is 579. The average molecular weight is 316 g/mol. The highest BCUT2D eigenvalue weighted by molar-refractivity contribution is 5.82. The summed E-state index contributed by atoms with van der Waals surface area (Å²) in [6, 6.07) is 8.05. The molecule has 0 saturated heterocycles. The Hall–Kier alpha value is -1.88. The topological polar surface area (TPSA) is 78.4 Å². The van der Waals surface area contributed by atoms with E-state index in [1.165, 1.54) is 11.1 Å². The quantitative estimate of drug-likeness (QED) is 0.790. The van der Waals surface area contributed by atoms with E-state index in [9.17, 15) is 9.59 Å². The number of rotatable bonds is 4. The Labute approximate surface area is 136 Å². The molecule has 2 aliphatic rings. The van der Waals surface area contributed by atoms with Gasteiger partial charge in [0.15, 0.2) is 0 Å². The second-order valence-electron chi connectivity index (χ2n) is 6.71. The summed E-state index contributed by atoms with van der Waals surface area (Å²) in [4.78, 5) is 23.3. The van der Waals surface area contributed by atoms with Gasteiger partial charge in [0.05, 0.1) is 12.0 Å². The number of carbonyl (C=O) groups is 2. The molecule has 23 heavy (non-hydrogen) atoms. The number of fused-ring (bicyclic) bond motifs is 1. The van der Waals surface area contributed by atoms with Crippen LogP contribution in [0.15, 0.2) is 24.3 Å². The smallest absolute Gasteiger partial charge is 0.306 e. The van der Waals surface area contributed by atoms with Crippen LogP contribution in [0.3, 0.4) is 0 Å². The number of benzene rings is 1. The van der Waals surface area contributed by atoms with E-state index in [1.807, 2.05) is 12.1 Å². The van der Waals surface area contributed by atoms with E-state index in [4.69, 9.17) is 5.11 Å². The van der Waals surface area contributed by atoms with Crippen LogP contribution in [0.2, 0.25) is 0 Å². The van der Waals surface area contributed by atoms with E-state index in [0.29, 0.717) is 12.5 Å². The zero-order valence-electron chi connectivity index (χ0n) is 13.3. The monoisotopic (exact) mass is 316 g/mol. The molecule has 1 unspecified atom stereocenters. The molecule has 1 fully saturated rings. The molecule has 1 aliphatic heterocycles. The second-order valence-corrected chi connectivity index (χ2v) is 6.71. The van der Waals surface area contributed by atoms with Gasteiger partial charge in [-0.1, -0.05) is 24.3 Å². The molecule has 124 valence electrons. The Kier molecular flexibility index (Phi) is 4.96. The number of carboxylic acids is 1. The van der Waals surface area contributed by atoms with Gasteiger partial charge in [-0.2, -0.15) is 0 Å². The highest BCUT2D eigenvalue weighted by atomic mass is 16.4. The fraction of sp³-hybridized carbons (Fsp3) is 0.556. The van der Waals surface area contributed by atoms with Crippen molar-refractivity contribution in [3.05, 3.63) is 35.4 Å². The summed E-state index contributed by atoms with van der Waals surface area (Å²) >= 11 is 0. The fourth-order valence-corrected chi connectivity index (χ4v) is 3.62.